The summed E-state index contributed by atoms with van der Waals surface area (Å²) in [5, 5.41) is 13.6. The van der Waals surface area contributed by atoms with E-state index in [2.05, 4.69) is 17.0 Å². The number of non-ortho nitro benzene ring substituents is 1. The number of nitro groups is 1. The van der Waals surface area contributed by atoms with Crippen molar-refractivity contribution in [1.82, 2.24) is 5.32 Å². The van der Waals surface area contributed by atoms with E-state index in [0.717, 1.165) is 25.3 Å². The van der Waals surface area contributed by atoms with E-state index >= 15 is 0 Å². The molecule has 0 aromatic heterocycles. The summed E-state index contributed by atoms with van der Waals surface area (Å²) in [4.78, 5) is 21.9. The minimum atomic E-state index is -3.98. The molecule has 0 radical (unpaired) electrons. The molecule has 2 aromatic rings. The number of nitrogens with one attached hydrogen (secondary N) is 2. The fourth-order valence-electron chi connectivity index (χ4n) is 2.35. The van der Waals surface area contributed by atoms with Gasteiger partial charge in [0.05, 0.1) is 9.82 Å². The largest absolute Gasteiger partial charge is 0.352 e. The summed E-state index contributed by atoms with van der Waals surface area (Å²) in [5.41, 5.74) is 0.363. The van der Waals surface area contributed by atoms with Crippen molar-refractivity contribution in [3.05, 3.63) is 64.2 Å². The zero-order chi connectivity index (χ0) is 19.9. The maximum absolute atomic E-state index is 12.4. The molecular formula is C18H21N3O5S. The third-order valence-electron chi connectivity index (χ3n) is 3.80. The van der Waals surface area contributed by atoms with Crippen LogP contribution in [0.2, 0.25) is 0 Å². The zero-order valence-electron chi connectivity index (χ0n) is 14.8. The molecule has 0 bridgehead atoms. The number of benzene rings is 2. The molecule has 2 N–H and O–H groups in total. The van der Waals surface area contributed by atoms with Crippen molar-refractivity contribution in [2.24, 2.45) is 0 Å². The van der Waals surface area contributed by atoms with Gasteiger partial charge in [-0.1, -0.05) is 25.8 Å². The third-order valence-corrected chi connectivity index (χ3v) is 5.18. The SMILES string of the molecule is CCCCCNC(=O)c1ccc(NS(=O)(=O)c2cccc([N+](=O)[O-])c2)cc1. The molecule has 0 unspecified atom stereocenters. The fraction of sp³-hybridized carbons (Fsp3) is 0.278. The Morgan fingerprint density at radius 3 is 2.44 bits per heavy atom. The van der Waals surface area contributed by atoms with Crippen LogP contribution in [0.5, 0.6) is 0 Å². The standard InChI is InChI=1S/C18H21N3O5S/c1-2-3-4-12-19-18(22)14-8-10-15(11-9-14)20-27(25,26)17-7-5-6-16(13-17)21(23)24/h5-11,13,20H,2-4,12H2,1H3,(H,19,22). The van der Waals surface area contributed by atoms with Crippen molar-refractivity contribution in [2.75, 3.05) is 11.3 Å². The monoisotopic (exact) mass is 391 g/mol. The number of carbonyl (C=O) groups is 1. The Balaban J connectivity index is 2.06. The van der Waals surface area contributed by atoms with Crippen LogP contribution in [-0.4, -0.2) is 25.8 Å². The van der Waals surface area contributed by atoms with Crippen molar-refractivity contribution >= 4 is 27.3 Å². The molecule has 2 aromatic carbocycles. The average Bonchev–Trinajstić information content (AvgIpc) is 2.65. The zero-order valence-corrected chi connectivity index (χ0v) is 15.7. The molecule has 0 aliphatic heterocycles. The Hall–Kier alpha value is -2.94. The number of amides is 1. The van der Waals surface area contributed by atoms with Crippen LogP contribution >= 0.6 is 0 Å². The van der Waals surface area contributed by atoms with Crippen LogP contribution < -0.4 is 10.0 Å². The highest BCUT2D eigenvalue weighted by Gasteiger charge is 2.18. The van der Waals surface area contributed by atoms with Gasteiger partial charge in [-0.3, -0.25) is 19.6 Å². The van der Waals surface area contributed by atoms with Gasteiger partial charge >= 0.3 is 0 Å². The van der Waals surface area contributed by atoms with Gasteiger partial charge in [0, 0.05) is 29.9 Å². The summed E-state index contributed by atoms with van der Waals surface area (Å²) in [6.45, 7) is 2.67. The highest BCUT2D eigenvalue weighted by atomic mass is 32.2. The van der Waals surface area contributed by atoms with Gasteiger partial charge in [0.15, 0.2) is 0 Å². The lowest BCUT2D eigenvalue weighted by Gasteiger charge is -2.09. The smallest absolute Gasteiger partial charge is 0.270 e. The van der Waals surface area contributed by atoms with E-state index in [9.17, 15) is 23.3 Å². The Morgan fingerprint density at radius 2 is 1.81 bits per heavy atom. The van der Waals surface area contributed by atoms with E-state index in [0.29, 0.717) is 12.1 Å². The second-order valence-corrected chi connectivity index (χ2v) is 7.58. The normalized spacial score (nSPS) is 11.0. The Kier molecular flexibility index (Phi) is 6.89. The summed E-state index contributed by atoms with van der Waals surface area (Å²) < 4.78 is 27.1. The molecular weight excluding hydrogens is 370 g/mol. The lowest BCUT2D eigenvalue weighted by Crippen LogP contribution is -2.24. The Morgan fingerprint density at radius 1 is 1.11 bits per heavy atom. The van der Waals surface area contributed by atoms with Crippen molar-refractivity contribution in [2.45, 2.75) is 31.1 Å². The molecule has 0 aliphatic rings. The fourth-order valence-corrected chi connectivity index (χ4v) is 3.44. The molecule has 0 atom stereocenters. The molecule has 9 heteroatoms. The highest BCUT2D eigenvalue weighted by Crippen LogP contribution is 2.20. The number of sulfonamides is 1. The van der Waals surface area contributed by atoms with Gasteiger partial charge in [-0.15, -0.1) is 0 Å². The molecule has 144 valence electrons. The highest BCUT2D eigenvalue weighted by molar-refractivity contribution is 7.92. The number of carbonyl (C=O) groups excluding carboxylic acids is 1. The summed E-state index contributed by atoms with van der Waals surface area (Å²) in [6, 6.07) is 10.7. The first-order valence-corrected chi connectivity index (χ1v) is 9.97. The molecule has 0 aliphatic carbocycles. The second-order valence-electron chi connectivity index (χ2n) is 5.90. The minimum absolute atomic E-state index is 0.213. The van der Waals surface area contributed by atoms with Gasteiger partial charge in [-0.2, -0.15) is 0 Å². The lowest BCUT2D eigenvalue weighted by atomic mass is 10.2. The van der Waals surface area contributed by atoms with Crippen LogP contribution in [0.3, 0.4) is 0 Å². The molecule has 0 spiro atoms. The van der Waals surface area contributed by atoms with E-state index < -0.39 is 14.9 Å². The molecule has 0 fully saturated rings. The van der Waals surface area contributed by atoms with Crippen molar-refractivity contribution in [3.63, 3.8) is 0 Å². The second kappa shape index (κ2) is 9.13. The van der Waals surface area contributed by atoms with Crippen LogP contribution in [0.4, 0.5) is 11.4 Å². The predicted octanol–water partition coefficient (Wildman–Crippen LogP) is 3.32. The summed E-state index contributed by atoms with van der Waals surface area (Å²) >= 11 is 0. The number of hydrogen-bond donors (Lipinski definition) is 2. The van der Waals surface area contributed by atoms with Gasteiger partial charge in [0.25, 0.3) is 21.6 Å². The van der Waals surface area contributed by atoms with E-state index in [1.165, 1.54) is 42.5 Å². The number of nitrogens with zero attached hydrogens (tertiary/aromatic N) is 1. The molecule has 2 rings (SSSR count). The summed E-state index contributed by atoms with van der Waals surface area (Å²) in [6.07, 6.45) is 3.01. The molecule has 0 heterocycles. The molecule has 0 saturated heterocycles. The molecule has 8 nitrogen and oxygen atoms in total. The van der Waals surface area contributed by atoms with Crippen molar-refractivity contribution in [1.29, 1.82) is 0 Å². The summed E-state index contributed by atoms with van der Waals surface area (Å²) in [5.74, 6) is -0.223. The van der Waals surface area contributed by atoms with Crippen LogP contribution in [-0.2, 0) is 10.0 Å². The van der Waals surface area contributed by atoms with E-state index in [1.54, 1.807) is 0 Å². The van der Waals surface area contributed by atoms with Gasteiger partial charge in [0.2, 0.25) is 0 Å². The van der Waals surface area contributed by atoms with Crippen molar-refractivity contribution in [3.8, 4) is 0 Å². The first-order valence-electron chi connectivity index (χ1n) is 8.49. The first kappa shape index (κ1) is 20.4. The van der Waals surface area contributed by atoms with E-state index in [4.69, 9.17) is 0 Å². The van der Waals surface area contributed by atoms with Crippen molar-refractivity contribution < 1.29 is 18.1 Å². The van der Waals surface area contributed by atoms with Gasteiger partial charge in [-0.05, 0) is 36.8 Å². The predicted molar refractivity (Wildman–Crippen MR) is 102 cm³/mol. The maximum atomic E-state index is 12.4. The van der Waals surface area contributed by atoms with Gasteiger partial charge < -0.3 is 5.32 Å². The average molecular weight is 391 g/mol. The van der Waals surface area contributed by atoms with Crippen LogP contribution in [0.25, 0.3) is 0 Å². The summed E-state index contributed by atoms with van der Waals surface area (Å²) in [7, 11) is -3.98. The van der Waals surface area contributed by atoms with Crippen LogP contribution in [0, 0.1) is 10.1 Å². The number of nitro benzene ring substituents is 1. The Bertz CT molecular complexity index is 911. The quantitative estimate of drug-likeness (QED) is 0.386. The molecule has 1 amide bonds. The number of hydrogen-bond acceptors (Lipinski definition) is 5. The first-order chi connectivity index (χ1) is 12.8. The van der Waals surface area contributed by atoms with Crippen LogP contribution in [0.15, 0.2) is 53.4 Å². The number of unbranched alkanes of at least 4 members (excludes halogenated alkanes) is 2. The lowest BCUT2D eigenvalue weighted by molar-refractivity contribution is -0.385. The Labute approximate surface area is 157 Å². The number of rotatable bonds is 9. The van der Waals surface area contributed by atoms with E-state index in [-0.39, 0.29) is 22.2 Å². The van der Waals surface area contributed by atoms with Crippen LogP contribution in [0.1, 0.15) is 36.5 Å². The topological polar surface area (TPSA) is 118 Å². The molecule has 27 heavy (non-hydrogen) atoms. The minimum Gasteiger partial charge on any atom is -0.352 e. The maximum Gasteiger partial charge on any atom is 0.270 e. The molecule has 0 saturated carbocycles. The third kappa shape index (κ3) is 5.78. The number of anilines is 1. The van der Waals surface area contributed by atoms with E-state index in [1.807, 2.05) is 0 Å². The van der Waals surface area contributed by atoms with Gasteiger partial charge in [-0.25, -0.2) is 8.42 Å². The van der Waals surface area contributed by atoms with Gasteiger partial charge in [0.1, 0.15) is 0 Å².